The number of rotatable bonds is 10. The quantitative estimate of drug-likeness (QED) is 0.360. The van der Waals surface area contributed by atoms with Crippen LogP contribution in [0.1, 0.15) is 26.3 Å². The van der Waals surface area contributed by atoms with E-state index in [-0.39, 0.29) is 60.1 Å². The number of benzene rings is 1. The van der Waals surface area contributed by atoms with Crippen molar-refractivity contribution in [3.63, 3.8) is 0 Å². The largest absolute Gasteiger partial charge is 0.501 e. The van der Waals surface area contributed by atoms with Gasteiger partial charge in [-0.25, -0.2) is 23.4 Å². The minimum Gasteiger partial charge on any atom is -0.501 e. The number of aliphatic hydroxyl groups is 1. The Morgan fingerprint density at radius 3 is 2.26 bits per heavy atom. The molecule has 0 fully saturated rings. The van der Waals surface area contributed by atoms with Gasteiger partial charge in [-0.2, -0.15) is 4.98 Å². The summed E-state index contributed by atoms with van der Waals surface area (Å²) in [5, 5.41) is 19.4. The number of nitrogens with one attached hydrogen (secondary N) is 1. The molecule has 0 bridgehead atoms. The Morgan fingerprint density at radius 1 is 0.971 bits per heavy atom. The van der Waals surface area contributed by atoms with E-state index in [1.807, 2.05) is 20.8 Å². The molecule has 0 spiro atoms. The normalized spacial score (nSPS) is 11.9. The fourth-order valence-corrected chi connectivity index (χ4v) is 3.81. The summed E-state index contributed by atoms with van der Waals surface area (Å²) < 4.78 is 38.9. The Kier molecular flexibility index (Phi) is 7.97. The third-order valence-corrected chi connectivity index (χ3v) is 5.94. The Bertz CT molecular complexity index is 1200. The van der Waals surface area contributed by atoms with E-state index in [4.69, 9.17) is 14.6 Å². The smallest absolute Gasteiger partial charge is 0.263 e. The Hall–Kier alpha value is -3.35. The third-order valence-electron chi connectivity index (χ3n) is 4.58. The van der Waals surface area contributed by atoms with Gasteiger partial charge in [-0.1, -0.05) is 32.9 Å². The van der Waals surface area contributed by atoms with Gasteiger partial charge in [0.2, 0.25) is 11.6 Å². The molecule has 0 aliphatic rings. The van der Waals surface area contributed by atoms with E-state index in [2.05, 4.69) is 24.7 Å². The molecule has 3 aromatic rings. The maximum absolute atomic E-state index is 13.0. The first-order valence-corrected chi connectivity index (χ1v) is 11.9. The molecular weight excluding hydrogens is 462 g/mol. The van der Waals surface area contributed by atoms with Crippen LogP contribution >= 0.6 is 0 Å². The number of hydrogen-bond donors (Lipinski definition) is 3. The summed E-state index contributed by atoms with van der Waals surface area (Å²) in [7, 11) is -4.10. The van der Waals surface area contributed by atoms with Gasteiger partial charge in [0, 0.05) is 12.4 Å². The van der Waals surface area contributed by atoms with Crippen LogP contribution in [0.2, 0.25) is 0 Å². The van der Waals surface area contributed by atoms with E-state index in [1.165, 1.54) is 24.5 Å². The van der Waals surface area contributed by atoms with Gasteiger partial charge in [-0.05, 0) is 29.2 Å². The van der Waals surface area contributed by atoms with E-state index >= 15 is 0 Å². The summed E-state index contributed by atoms with van der Waals surface area (Å²) in [4.78, 5) is 16.4. The van der Waals surface area contributed by atoms with E-state index in [0.29, 0.717) is 0 Å². The van der Waals surface area contributed by atoms with Crippen molar-refractivity contribution in [3.05, 3.63) is 48.3 Å². The molecule has 0 aliphatic carbocycles. The second-order valence-corrected chi connectivity index (χ2v) is 9.87. The molecule has 2 heterocycles. The molecule has 2 aromatic heterocycles. The van der Waals surface area contributed by atoms with Gasteiger partial charge in [-0.3, -0.25) is 4.72 Å². The molecule has 12 heteroatoms. The Balaban J connectivity index is 1.93. The molecule has 182 valence electrons. The molecule has 0 saturated carbocycles. The lowest BCUT2D eigenvalue weighted by Crippen LogP contribution is -2.17. The second-order valence-electron chi connectivity index (χ2n) is 8.19. The first-order valence-electron chi connectivity index (χ1n) is 10.4. The zero-order valence-corrected chi connectivity index (χ0v) is 19.9. The molecule has 0 saturated heterocycles. The molecule has 0 amide bonds. The predicted octanol–water partition coefficient (Wildman–Crippen LogP) is 2.13. The average molecular weight is 490 g/mol. The number of hydrogen-bond acceptors (Lipinski definition) is 10. The zero-order chi connectivity index (χ0) is 24.8. The van der Waals surface area contributed by atoms with E-state index in [0.717, 1.165) is 5.56 Å². The predicted molar refractivity (Wildman–Crippen MR) is 124 cm³/mol. The number of aromatic nitrogens is 4. The average Bonchev–Trinajstić information content (AvgIpc) is 2.81. The van der Waals surface area contributed by atoms with Crippen LogP contribution in [-0.2, 0) is 20.2 Å². The summed E-state index contributed by atoms with van der Waals surface area (Å²) in [6.45, 7) is 6.16. The zero-order valence-electron chi connectivity index (χ0n) is 19.1. The highest BCUT2D eigenvalue weighted by Gasteiger charge is 2.23. The highest BCUT2D eigenvalue weighted by atomic mass is 32.2. The number of sulfonamides is 1. The summed E-state index contributed by atoms with van der Waals surface area (Å²) in [6.07, 6.45) is 2.95. The van der Waals surface area contributed by atoms with Gasteiger partial charge in [0.1, 0.15) is 6.61 Å². The van der Waals surface area contributed by atoms with Crippen molar-refractivity contribution in [2.45, 2.75) is 31.1 Å². The highest BCUT2D eigenvalue weighted by Crippen LogP contribution is 2.34. The molecule has 1 aromatic carbocycles. The number of aromatic hydroxyl groups is 1. The molecule has 34 heavy (non-hydrogen) atoms. The van der Waals surface area contributed by atoms with Crippen molar-refractivity contribution >= 4 is 15.8 Å². The first kappa shape index (κ1) is 25.3. The molecule has 3 N–H and O–H groups in total. The summed E-state index contributed by atoms with van der Waals surface area (Å²) >= 11 is 0. The highest BCUT2D eigenvalue weighted by molar-refractivity contribution is 7.92. The van der Waals surface area contributed by atoms with Crippen LogP contribution in [0, 0.1) is 0 Å². The number of nitrogens with zero attached hydrogens (tertiary/aromatic N) is 4. The van der Waals surface area contributed by atoms with Gasteiger partial charge < -0.3 is 19.7 Å². The molecule has 0 atom stereocenters. The standard InChI is InChI=1S/C22H27N5O6S/c1-22(2,3)15-5-7-16(8-6-15)34(30,31)27-18-17(29)21(33-14-13-32-12-11-28)26-20(25-18)19-23-9-4-10-24-19/h4-10,28-29H,11-14H2,1-3H3,(H,25,26,27). The van der Waals surface area contributed by atoms with Crippen molar-refractivity contribution in [3.8, 4) is 23.3 Å². The van der Waals surface area contributed by atoms with Crippen LogP contribution < -0.4 is 9.46 Å². The Labute approximate surface area is 197 Å². The molecule has 11 nitrogen and oxygen atoms in total. The van der Waals surface area contributed by atoms with Crippen molar-refractivity contribution in [1.82, 2.24) is 19.9 Å². The maximum Gasteiger partial charge on any atom is 0.263 e. The maximum atomic E-state index is 13.0. The monoisotopic (exact) mass is 489 g/mol. The molecule has 0 radical (unpaired) electrons. The van der Waals surface area contributed by atoms with Gasteiger partial charge in [-0.15, -0.1) is 0 Å². The van der Waals surface area contributed by atoms with Crippen molar-refractivity contribution in [2.75, 3.05) is 31.1 Å². The van der Waals surface area contributed by atoms with E-state index < -0.39 is 15.8 Å². The first-order chi connectivity index (χ1) is 16.1. The number of ether oxygens (including phenoxy) is 2. The summed E-state index contributed by atoms with van der Waals surface area (Å²) in [6, 6.07) is 8.04. The van der Waals surface area contributed by atoms with Gasteiger partial charge in [0.15, 0.2) is 11.6 Å². The lowest BCUT2D eigenvalue weighted by molar-refractivity contribution is 0.0688. The second kappa shape index (κ2) is 10.7. The third kappa shape index (κ3) is 6.37. The van der Waals surface area contributed by atoms with Crippen LogP contribution in [0.4, 0.5) is 5.82 Å². The number of anilines is 1. The molecule has 0 aliphatic heterocycles. The topological polar surface area (TPSA) is 157 Å². The van der Waals surface area contributed by atoms with Crippen LogP contribution in [-0.4, -0.2) is 65.0 Å². The summed E-state index contributed by atoms with van der Waals surface area (Å²) in [5.41, 5.74) is 0.831. The fraction of sp³-hybridized carbons (Fsp3) is 0.364. The minimum absolute atomic E-state index is 0.00380. The van der Waals surface area contributed by atoms with Crippen LogP contribution in [0.25, 0.3) is 11.6 Å². The minimum atomic E-state index is -4.10. The lowest BCUT2D eigenvalue weighted by Gasteiger charge is -2.19. The van der Waals surface area contributed by atoms with Gasteiger partial charge in [0.05, 0.1) is 24.7 Å². The van der Waals surface area contributed by atoms with Crippen LogP contribution in [0.15, 0.2) is 47.6 Å². The summed E-state index contributed by atoms with van der Waals surface area (Å²) in [5.74, 6) is -1.20. The molecule has 0 unspecified atom stereocenters. The number of aliphatic hydroxyl groups excluding tert-OH is 1. The van der Waals surface area contributed by atoms with Crippen molar-refractivity contribution in [1.29, 1.82) is 0 Å². The lowest BCUT2D eigenvalue weighted by atomic mass is 9.87. The van der Waals surface area contributed by atoms with Gasteiger partial charge in [0.25, 0.3) is 15.9 Å². The van der Waals surface area contributed by atoms with Crippen molar-refractivity contribution in [2.24, 2.45) is 0 Å². The fourth-order valence-electron chi connectivity index (χ4n) is 2.80. The van der Waals surface area contributed by atoms with Crippen molar-refractivity contribution < 1.29 is 28.1 Å². The SMILES string of the molecule is CC(C)(C)c1ccc(S(=O)(=O)Nc2nc(-c3ncccn3)nc(OCCOCCO)c2O)cc1. The van der Waals surface area contributed by atoms with E-state index in [9.17, 15) is 13.5 Å². The van der Waals surface area contributed by atoms with Gasteiger partial charge >= 0.3 is 0 Å². The van der Waals surface area contributed by atoms with E-state index in [1.54, 1.807) is 18.2 Å². The van der Waals surface area contributed by atoms with Crippen LogP contribution in [0.3, 0.4) is 0 Å². The Morgan fingerprint density at radius 2 is 1.65 bits per heavy atom. The molecular formula is C22H27N5O6S. The van der Waals surface area contributed by atoms with Crippen LogP contribution in [0.5, 0.6) is 11.6 Å². The molecule has 3 rings (SSSR count).